The first-order valence-electron chi connectivity index (χ1n) is 7.57. The summed E-state index contributed by atoms with van der Waals surface area (Å²) in [6, 6.07) is 15.3. The van der Waals surface area contributed by atoms with E-state index in [0.717, 1.165) is 29.4 Å². The van der Waals surface area contributed by atoms with E-state index in [9.17, 15) is 4.79 Å². The first-order chi connectivity index (χ1) is 11.1. The first-order valence-corrected chi connectivity index (χ1v) is 8.74. The number of rotatable bonds is 4. The van der Waals surface area contributed by atoms with Crippen molar-refractivity contribution in [1.82, 2.24) is 4.90 Å². The van der Waals surface area contributed by atoms with Gasteiger partial charge < -0.3 is 9.64 Å². The van der Waals surface area contributed by atoms with Gasteiger partial charge in [-0.05, 0) is 54.8 Å². The zero-order valence-electron chi connectivity index (χ0n) is 12.5. The lowest BCUT2D eigenvalue weighted by Gasteiger charge is -2.25. The second kappa shape index (κ2) is 7.37. The van der Waals surface area contributed by atoms with E-state index in [1.165, 1.54) is 0 Å². The van der Waals surface area contributed by atoms with E-state index < -0.39 is 0 Å². The molecule has 3 nitrogen and oxygen atoms in total. The molecule has 1 aliphatic rings. The van der Waals surface area contributed by atoms with E-state index in [1.807, 2.05) is 53.4 Å². The van der Waals surface area contributed by atoms with Crippen LogP contribution in [0.2, 0.25) is 5.02 Å². The van der Waals surface area contributed by atoms with Crippen LogP contribution in [0, 0.1) is 0 Å². The molecule has 2 aromatic rings. The highest BCUT2D eigenvalue weighted by atomic mass is 79.9. The molecule has 23 heavy (non-hydrogen) atoms. The Labute approximate surface area is 149 Å². The molecule has 2 aromatic carbocycles. The van der Waals surface area contributed by atoms with Crippen LogP contribution in [-0.4, -0.2) is 24.0 Å². The summed E-state index contributed by atoms with van der Waals surface area (Å²) in [5, 5.41) is 0.711. The Kier molecular flexibility index (Phi) is 5.23. The van der Waals surface area contributed by atoms with Gasteiger partial charge >= 0.3 is 0 Å². The standard InChI is InChI=1S/C18H17BrClNO2/c19-14-5-9-16(10-6-14)23-12-18(22)21-11-1-2-17(21)13-3-7-15(20)8-4-13/h3-10,17H,1-2,11-12H2/t17-/m0/s1. The van der Waals surface area contributed by atoms with Crippen molar-refractivity contribution in [2.45, 2.75) is 18.9 Å². The van der Waals surface area contributed by atoms with Crippen LogP contribution in [0.4, 0.5) is 0 Å². The Morgan fingerprint density at radius 1 is 1.17 bits per heavy atom. The lowest BCUT2D eigenvalue weighted by molar-refractivity contribution is -0.134. The van der Waals surface area contributed by atoms with Crippen LogP contribution in [-0.2, 0) is 4.79 Å². The predicted octanol–water partition coefficient (Wildman–Crippen LogP) is 4.85. The minimum atomic E-state index is 0.0189. The molecule has 1 fully saturated rings. The number of halogens is 2. The molecule has 5 heteroatoms. The number of hydrogen-bond donors (Lipinski definition) is 0. The van der Waals surface area contributed by atoms with E-state index in [0.29, 0.717) is 10.8 Å². The van der Waals surface area contributed by atoms with Crippen molar-refractivity contribution in [3.8, 4) is 5.75 Å². The van der Waals surface area contributed by atoms with Crippen LogP contribution in [0.3, 0.4) is 0 Å². The normalized spacial score (nSPS) is 17.3. The second-order valence-corrected chi connectivity index (χ2v) is 6.89. The summed E-state index contributed by atoms with van der Waals surface area (Å²) >= 11 is 9.32. The van der Waals surface area contributed by atoms with Crippen LogP contribution in [0.15, 0.2) is 53.0 Å². The third-order valence-electron chi connectivity index (χ3n) is 4.00. The van der Waals surface area contributed by atoms with E-state index in [1.54, 1.807) is 0 Å². The van der Waals surface area contributed by atoms with Gasteiger partial charge in [-0.1, -0.05) is 39.7 Å². The molecule has 0 aromatic heterocycles. The maximum Gasteiger partial charge on any atom is 0.261 e. The number of benzene rings is 2. The summed E-state index contributed by atoms with van der Waals surface area (Å²) in [5.41, 5.74) is 1.13. The fourth-order valence-corrected chi connectivity index (χ4v) is 3.25. The van der Waals surface area contributed by atoms with Crippen LogP contribution in [0.5, 0.6) is 5.75 Å². The van der Waals surface area contributed by atoms with Crippen LogP contribution in [0.1, 0.15) is 24.4 Å². The molecule has 1 heterocycles. The van der Waals surface area contributed by atoms with E-state index in [2.05, 4.69) is 15.9 Å². The van der Waals surface area contributed by atoms with Gasteiger partial charge in [0, 0.05) is 16.0 Å². The van der Waals surface area contributed by atoms with Crippen molar-refractivity contribution >= 4 is 33.4 Å². The molecule has 0 unspecified atom stereocenters. The molecule has 1 amide bonds. The quantitative estimate of drug-likeness (QED) is 0.742. The number of amides is 1. The smallest absolute Gasteiger partial charge is 0.261 e. The molecular weight excluding hydrogens is 378 g/mol. The van der Waals surface area contributed by atoms with Gasteiger partial charge in [0.15, 0.2) is 6.61 Å². The van der Waals surface area contributed by atoms with Crippen molar-refractivity contribution in [3.63, 3.8) is 0 Å². The zero-order chi connectivity index (χ0) is 16.2. The third-order valence-corrected chi connectivity index (χ3v) is 4.78. The second-order valence-electron chi connectivity index (χ2n) is 5.54. The molecular formula is C18H17BrClNO2. The lowest BCUT2D eigenvalue weighted by Crippen LogP contribution is -2.34. The van der Waals surface area contributed by atoms with Gasteiger partial charge in [0.1, 0.15) is 5.75 Å². The SMILES string of the molecule is O=C(COc1ccc(Br)cc1)N1CCC[C@H]1c1ccc(Cl)cc1. The Balaban J connectivity index is 1.63. The molecule has 0 N–H and O–H groups in total. The van der Waals surface area contributed by atoms with Gasteiger partial charge in [-0.3, -0.25) is 4.79 Å². The van der Waals surface area contributed by atoms with Crippen LogP contribution < -0.4 is 4.74 Å². The average Bonchev–Trinajstić information content (AvgIpc) is 3.04. The van der Waals surface area contributed by atoms with Gasteiger partial charge in [0.25, 0.3) is 5.91 Å². The van der Waals surface area contributed by atoms with Gasteiger partial charge in [-0.2, -0.15) is 0 Å². The predicted molar refractivity (Wildman–Crippen MR) is 94.8 cm³/mol. The molecule has 0 bridgehead atoms. The number of hydrogen-bond acceptors (Lipinski definition) is 2. The highest BCUT2D eigenvalue weighted by Crippen LogP contribution is 2.32. The minimum Gasteiger partial charge on any atom is -0.484 e. The minimum absolute atomic E-state index is 0.0189. The summed E-state index contributed by atoms with van der Waals surface area (Å²) in [4.78, 5) is 14.4. The number of carbonyl (C=O) groups is 1. The number of likely N-dealkylation sites (tertiary alicyclic amines) is 1. The molecule has 0 saturated carbocycles. The molecule has 0 spiro atoms. The molecule has 0 aliphatic carbocycles. The summed E-state index contributed by atoms with van der Waals surface area (Å²) in [6.07, 6.45) is 1.99. The van der Waals surface area contributed by atoms with Crippen molar-refractivity contribution < 1.29 is 9.53 Å². The molecule has 3 rings (SSSR count). The van der Waals surface area contributed by atoms with E-state index >= 15 is 0 Å². The average molecular weight is 395 g/mol. The zero-order valence-corrected chi connectivity index (χ0v) is 14.9. The van der Waals surface area contributed by atoms with E-state index in [-0.39, 0.29) is 18.6 Å². The lowest BCUT2D eigenvalue weighted by atomic mass is 10.0. The summed E-state index contributed by atoms with van der Waals surface area (Å²) in [5.74, 6) is 0.717. The Morgan fingerprint density at radius 3 is 2.57 bits per heavy atom. The maximum absolute atomic E-state index is 12.5. The van der Waals surface area contributed by atoms with Crippen LogP contribution in [0.25, 0.3) is 0 Å². The number of carbonyl (C=O) groups excluding carboxylic acids is 1. The Morgan fingerprint density at radius 2 is 1.87 bits per heavy atom. The highest BCUT2D eigenvalue weighted by Gasteiger charge is 2.29. The first kappa shape index (κ1) is 16.3. The van der Waals surface area contributed by atoms with Gasteiger partial charge in [-0.25, -0.2) is 0 Å². The van der Waals surface area contributed by atoms with E-state index in [4.69, 9.17) is 16.3 Å². The summed E-state index contributed by atoms with van der Waals surface area (Å²) < 4.78 is 6.59. The van der Waals surface area contributed by atoms with Gasteiger partial charge in [0.05, 0.1) is 6.04 Å². The topological polar surface area (TPSA) is 29.5 Å². The third kappa shape index (κ3) is 4.06. The molecule has 120 valence electrons. The van der Waals surface area contributed by atoms with Crippen molar-refractivity contribution in [2.24, 2.45) is 0 Å². The Hall–Kier alpha value is -1.52. The largest absolute Gasteiger partial charge is 0.484 e. The maximum atomic E-state index is 12.5. The molecule has 1 atom stereocenters. The van der Waals surface area contributed by atoms with Gasteiger partial charge in [-0.15, -0.1) is 0 Å². The molecule has 1 saturated heterocycles. The van der Waals surface area contributed by atoms with Crippen molar-refractivity contribution in [2.75, 3.05) is 13.2 Å². The molecule has 1 aliphatic heterocycles. The van der Waals surface area contributed by atoms with Gasteiger partial charge in [0.2, 0.25) is 0 Å². The summed E-state index contributed by atoms with van der Waals surface area (Å²) in [6.45, 7) is 0.835. The number of nitrogens with zero attached hydrogens (tertiary/aromatic N) is 1. The monoisotopic (exact) mass is 393 g/mol. The fourth-order valence-electron chi connectivity index (χ4n) is 2.86. The Bertz CT molecular complexity index is 672. The number of ether oxygens (including phenoxy) is 1. The highest BCUT2D eigenvalue weighted by molar-refractivity contribution is 9.10. The molecule has 0 radical (unpaired) electrons. The van der Waals surface area contributed by atoms with Crippen molar-refractivity contribution in [1.29, 1.82) is 0 Å². The van der Waals surface area contributed by atoms with Crippen molar-refractivity contribution in [3.05, 3.63) is 63.6 Å². The fraction of sp³-hybridized carbons (Fsp3) is 0.278. The summed E-state index contributed by atoms with van der Waals surface area (Å²) in [7, 11) is 0. The van der Waals surface area contributed by atoms with Crippen LogP contribution >= 0.6 is 27.5 Å².